The van der Waals surface area contributed by atoms with E-state index in [1.165, 1.54) is 25.2 Å². The highest BCUT2D eigenvalue weighted by Gasteiger charge is 2.19. The third-order valence-corrected chi connectivity index (χ3v) is 3.82. The van der Waals surface area contributed by atoms with E-state index in [-0.39, 0.29) is 0 Å². The van der Waals surface area contributed by atoms with Crippen LogP contribution in [0.5, 0.6) is 0 Å². The van der Waals surface area contributed by atoms with Crippen LogP contribution in [0.15, 0.2) is 30.3 Å². The molecule has 0 amide bonds. The minimum absolute atomic E-state index is 0.688. The monoisotopic (exact) mass is 247 g/mol. The average Bonchev–Trinajstić information content (AvgIpc) is 2.40. The highest BCUT2D eigenvalue weighted by molar-refractivity contribution is 5.14. The van der Waals surface area contributed by atoms with Crippen LogP contribution >= 0.6 is 0 Å². The Morgan fingerprint density at radius 1 is 1.22 bits per heavy atom. The van der Waals surface area contributed by atoms with Gasteiger partial charge in [-0.25, -0.2) is 0 Å². The molecule has 0 aromatic heterocycles. The summed E-state index contributed by atoms with van der Waals surface area (Å²) < 4.78 is 0. The number of hydrogen-bond acceptors (Lipinski definition) is 3. The van der Waals surface area contributed by atoms with Crippen molar-refractivity contribution in [2.75, 3.05) is 39.8 Å². The van der Waals surface area contributed by atoms with Crippen LogP contribution in [0.1, 0.15) is 12.5 Å². The zero-order valence-electron chi connectivity index (χ0n) is 11.6. The van der Waals surface area contributed by atoms with Gasteiger partial charge in [0, 0.05) is 45.3 Å². The lowest BCUT2D eigenvalue weighted by atomic mass is 10.2. The summed E-state index contributed by atoms with van der Waals surface area (Å²) in [4.78, 5) is 5.00. The Kier molecular flexibility index (Phi) is 5.17. The van der Waals surface area contributed by atoms with Crippen molar-refractivity contribution in [3.05, 3.63) is 35.9 Å². The summed E-state index contributed by atoms with van der Waals surface area (Å²) in [7, 11) is 2.22. The fourth-order valence-corrected chi connectivity index (χ4v) is 2.39. The van der Waals surface area contributed by atoms with Gasteiger partial charge in [-0.05, 0) is 19.5 Å². The van der Waals surface area contributed by atoms with Crippen LogP contribution in [0.4, 0.5) is 0 Å². The third-order valence-electron chi connectivity index (χ3n) is 3.82. The van der Waals surface area contributed by atoms with Crippen molar-refractivity contribution in [1.29, 1.82) is 0 Å². The summed E-state index contributed by atoms with van der Waals surface area (Å²) in [6.45, 7) is 9.11. The lowest BCUT2D eigenvalue weighted by molar-refractivity contribution is 0.106. The zero-order chi connectivity index (χ0) is 12.8. The Balaban J connectivity index is 1.61. The lowest BCUT2D eigenvalue weighted by Gasteiger charge is -2.37. The number of piperazine rings is 1. The molecule has 1 aromatic rings. The van der Waals surface area contributed by atoms with Crippen molar-refractivity contribution in [3.63, 3.8) is 0 Å². The van der Waals surface area contributed by atoms with Gasteiger partial charge in [-0.3, -0.25) is 4.90 Å². The Hall–Kier alpha value is -0.900. The molecule has 1 atom stereocenters. The predicted molar refractivity (Wildman–Crippen MR) is 76.7 cm³/mol. The van der Waals surface area contributed by atoms with E-state index in [4.69, 9.17) is 0 Å². The van der Waals surface area contributed by atoms with Gasteiger partial charge in [-0.1, -0.05) is 30.3 Å². The number of rotatable bonds is 5. The van der Waals surface area contributed by atoms with Crippen molar-refractivity contribution < 1.29 is 0 Å². The Bertz CT molecular complexity index is 339. The van der Waals surface area contributed by atoms with E-state index in [1.807, 2.05) is 0 Å². The van der Waals surface area contributed by atoms with E-state index < -0.39 is 0 Å². The molecule has 1 aliphatic rings. The van der Waals surface area contributed by atoms with Gasteiger partial charge in [0.15, 0.2) is 0 Å². The van der Waals surface area contributed by atoms with Crippen LogP contribution in [-0.4, -0.2) is 55.6 Å². The first-order valence-electron chi connectivity index (χ1n) is 6.93. The van der Waals surface area contributed by atoms with Crippen LogP contribution in [0.2, 0.25) is 0 Å². The molecule has 100 valence electrons. The van der Waals surface area contributed by atoms with Gasteiger partial charge < -0.3 is 10.2 Å². The SMILES string of the molecule is CC1CN(CCNCc2ccccc2)CCN1C. The maximum atomic E-state index is 3.52. The highest BCUT2D eigenvalue weighted by Crippen LogP contribution is 2.05. The van der Waals surface area contributed by atoms with E-state index in [0.29, 0.717) is 6.04 Å². The quantitative estimate of drug-likeness (QED) is 0.794. The lowest BCUT2D eigenvalue weighted by Crippen LogP contribution is -2.51. The molecule has 1 fully saturated rings. The zero-order valence-corrected chi connectivity index (χ0v) is 11.6. The van der Waals surface area contributed by atoms with Gasteiger partial charge >= 0.3 is 0 Å². The molecule has 3 nitrogen and oxygen atoms in total. The van der Waals surface area contributed by atoms with Crippen molar-refractivity contribution >= 4 is 0 Å². The average molecular weight is 247 g/mol. The van der Waals surface area contributed by atoms with Gasteiger partial charge in [0.25, 0.3) is 0 Å². The number of likely N-dealkylation sites (N-methyl/N-ethyl adjacent to an activating group) is 1. The van der Waals surface area contributed by atoms with Gasteiger partial charge in [-0.2, -0.15) is 0 Å². The molecule has 3 heteroatoms. The number of benzene rings is 1. The van der Waals surface area contributed by atoms with Crippen molar-refractivity contribution in [2.45, 2.75) is 19.5 Å². The predicted octanol–water partition coefficient (Wildman–Crippen LogP) is 1.41. The summed E-state index contributed by atoms with van der Waals surface area (Å²) in [6, 6.07) is 11.3. The largest absolute Gasteiger partial charge is 0.311 e. The van der Waals surface area contributed by atoms with E-state index >= 15 is 0 Å². The van der Waals surface area contributed by atoms with Crippen LogP contribution in [0.3, 0.4) is 0 Å². The van der Waals surface area contributed by atoms with Crippen LogP contribution in [0, 0.1) is 0 Å². The van der Waals surface area contributed by atoms with E-state index in [1.54, 1.807) is 0 Å². The maximum absolute atomic E-state index is 3.52. The van der Waals surface area contributed by atoms with Gasteiger partial charge in [0.05, 0.1) is 0 Å². The maximum Gasteiger partial charge on any atom is 0.0206 e. The first-order chi connectivity index (χ1) is 8.75. The normalized spacial score (nSPS) is 22.2. The second-order valence-electron chi connectivity index (χ2n) is 5.29. The van der Waals surface area contributed by atoms with E-state index in [0.717, 1.165) is 19.6 Å². The van der Waals surface area contributed by atoms with Gasteiger partial charge in [0.1, 0.15) is 0 Å². The summed E-state index contributed by atoms with van der Waals surface area (Å²) in [5.41, 5.74) is 1.37. The van der Waals surface area contributed by atoms with Crippen molar-refractivity contribution in [2.24, 2.45) is 0 Å². The van der Waals surface area contributed by atoms with Crippen LogP contribution < -0.4 is 5.32 Å². The summed E-state index contributed by atoms with van der Waals surface area (Å²) in [6.07, 6.45) is 0. The van der Waals surface area contributed by atoms with Crippen molar-refractivity contribution in [1.82, 2.24) is 15.1 Å². The van der Waals surface area contributed by atoms with Gasteiger partial charge in [0.2, 0.25) is 0 Å². The smallest absolute Gasteiger partial charge is 0.0206 e. The number of nitrogens with one attached hydrogen (secondary N) is 1. The molecule has 18 heavy (non-hydrogen) atoms. The van der Waals surface area contributed by atoms with Gasteiger partial charge in [-0.15, -0.1) is 0 Å². The Labute approximate surface area is 111 Å². The molecule has 0 aliphatic carbocycles. The van der Waals surface area contributed by atoms with Crippen LogP contribution in [-0.2, 0) is 6.54 Å². The molecule has 1 aromatic carbocycles. The standard InChI is InChI=1S/C15H25N3/c1-14-13-18(11-10-17(14)2)9-8-16-12-15-6-4-3-5-7-15/h3-7,14,16H,8-13H2,1-2H3. The molecule has 0 bridgehead atoms. The van der Waals surface area contributed by atoms with E-state index in [9.17, 15) is 0 Å². The minimum Gasteiger partial charge on any atom is -0.311 e. The molecule has 1 heterocycles. The number of hydrogen-bond donors (Lipinski definition) is 1. The highest BCUT2D eigenvalue weighted by atomic mass is 15.3. The second-order valence-corrected chi connectivity index (χ2v) is 5.29. The molecule has 2 rings (SSSR count). The molecule has 0 saturated carbocycles. The van der Waals surface area contributed by atoms with Crippen LogP contribution in [0.25, 0.3) is 0 Å². The molecule has 0 radical (unpaired) electrons. The molecule has 1 unspecified atom stereocenters. The topological polar surface area (TPSA) is 18.5 Å². The summed E-state index contributed by atoms with van der Waals surface area (Å²) in [5, 5.41) is 3.52. The van der Waals surface area contributed by atoms with Crippen molar-refractivity contribution in [3.8, 4) is 0 Å². The third kappa shape index (κ3) is 4.09. The molecular weight excluding hydrogens is 222 g/mol. The molecule has 1 N–H and O–H groups in total. The summed E-state index contributed by atoms with van der Waals surface area (Å²) >= 11 is 0. The number of nitrogens with zero attached hydrogens (tertiary/aromatic N) is 2. The fourth-order valence-electron chi connectivity index (χ4n) is 2.39. The molecular formula is C15H25N3. The minimum atomic E-state index is 0.688. The molecule has 1 saturated heterocycles. The first kappa shape index (κ1) is 13.5. The molecule has 0 spiro atoms. The summed E-state index contributed by atoms with van der Waals surface area (Å²) in [5.74, 6) is 0. The fraction of sp³-hybridized carbons (Fsp3) is 0.600. The van der Waals surface area contributed by atoms with E-state index in [2.05, 4.69) is 59.4 Å². The molecule has 1 aliphatic heterocycles. The Morgan fingerprint density at radius 3 is 2.72 bits per heavy atom. The Morgan fingerprint density at radius 2 is 2.00 bits per heavy atom. The second kappa shape index (κ2) is 6.88. The first-order valence-corrected chi connectivity index (χ1v) is 6.93.